The molecule has 0 aliphatic heterocycles. The summed E-state index contributed by atoms with van der Waals surface area (Å²) in [7, 11) is 0. The molecule has 1 aromatic heterocycles. The highest BCUT2D eigenvalue weighted by Gasteiger charge is 2.20. The first-order valence-electron chi connectivity index (χ1n) is 5.34. The molecule has 15 heavy (non-hydrogen) atoms. The Kier molecular flexibility index (Phi) is 3.38. The number of carbonyl (C=O) groups excluding carboxylic acids is 1. The third-order valence-corrected chi connectivity index (χ3v) is 3.57. The van der Waals surface area contributed by atoms with Crippen molar-refractivity contribution in [1.82, 2.24) is 5.32 Å². The van der Waals surface area contributed by atoms with E-state index in [1.807, 2.05) is 16.8 Å². The lowest BCUT2D eigenvalue weighted by Crippen LogP contribution is -2.40. The number of nitrogens with one attached hydrogen (secondary N) is 1. The second-order valence-electron chi connectivity index (χ2n) is 4.10. The van der Waals surface area contributed by atoms with Gasteiger partial charge in [0.2, 0.25) is 0 Å². The van der Waals surface area contributed by atoms with Crippen LogP contribution in [0.1, 0.15) is 36.0 Å². The fourth-order valence-corrected chi connectivity index (χ4v) is 2.56. The number of rotatable bonds is 2. The summed E-state index contributed by atoms with van der Waals surface area (Å²) in [4.78, 5) is 11.7. The van der Waals surface area contributed by atoms with Gasteiger partial charge in [-0.3, -0.25) is 4.79 Å². The molecule has 1 aromatic rings. The Morgan fingerprint density at radius 2 is 2.13 bits per heavy atom. The highest BCUT2D eigenvalue weighted by molar-refractivity contribution is 7.08. The minimum atomic E-state index is 0.0525. The van der Waals surface area contributed by atoms with Crippen molar-refractivity contribution in [2.24, 2.45) is 5.73 Å². The molecule has 1 amide bonds. The zero-order valence-electron chi connectivity index (χ0n) is 8.61. The Balaban J connectivity index is 1.85. The molecule has 1 fully saturated rings. The molecule has 0 aromatic carbocycles. The Labute approximate surface area is 93.7 Å². The van der Waals surface area contributed by atoms with Crippen molar-refractivity contribution in [3.05, 3.63) is 22.4 Å². The maximum Gasteiger partial charge on any atom is 0.252 e. The fourth-order valence-electron chi connectivity index (χ4n) is 1.93. The molecule has 2 rings (SSSR count). The third kappa shape index (κ3) is 2.79. The number of hydrogen-bond acceptors (Lipinski definition) is 3. The largest absolute Gasteiger partial charge is 0.349 e. The Bertz CT molecular complexity index is 315. The minimum Gasteiger partial charge on any atom is -0.349 e. The Hall–Kier alpha value is -0.870. The van der Waals surface area contributed by atoms with Crippen molar-refractivity contribution in [1.29, 1.82) is 0 Å². The van der Waals surface area contributed by atoms with Crippen molar-refractivity contribution in [2.45, 2.75) is 37.8 Å². The Morgan fingerprint density at radius 3 is 2.73 bits per heavy atom. The van der Waals surface area contributed by atoms with E-state index in [0.29, 0.717) is 12.1 Å². The molecule has 3 N–H and O–H groups in total. The van der Waals surface area contributed by atoms with E-state index in [-0.39, 0.29) is 5.91 Å². The van der Waals surface area contributed by atoms with Gasteiger partial charge in [0.1, 0.15) is 0 Å². The second-order valence-corrected chi connectivity index (χ2v) is 4.88. The molecule has 0 saturated heterocycles. The lowest BCUT2D eigenvalue weighted by atomic mass is 9.92. The molecule has 1 aliphatic carbocycles. The lowest BCUT2D eigenvalue weighted by Gasteiger charge is -2.26. The quantitative estimate of drug-likeness (QED) is 0.804. The van der Waals surface area contributed by atoms with Crippen LogP contribution in [0, 0.1) is 0 Å². The van der Waals surface area contributed by atoms with Gasteiger partial charge in [0, 0.05) is 23.0 Å². The normalized spacial score (nSPS) is 26.2. The highest BCUT2D eigenvalue weighted by Crippen LogP contribution is 2.17. The summed E-state index contributed by atoms with van der Waals surface area (Å²) in [5, 5.41) is 6.86. The van der Waals surface area contributed by atoms with E-state index >= 15 is 0 Å². The molecule has 0 atom stereocenters. The van der Waals surface area contributed by atoms with Crippen LogP contribution in [0.3, 0.4) is 0 Å². The third-order valence-electron chi connectivity index (χ3n) is 2.89. The van der Waals surface area contributed by atoms with Gasteiger partial charge in [0.25, 0.3) is 5.91 Å². The first-order valence-corrected chi connectivity index (χ1v) is 6.28. The molecule has 3 nitrogen and oxygen atoms in total. The number of hydrogen-bond donors (Lipinski definition) is 2. The van der Waals surface area contributed by atoms with Crippen LogP contribution in [0.15, 0.2) is 16.8 Å². The summed E-state index contributed by atoms with van der Waals surface area (Å²) in [6, 6.07) is 2.51. The average Bonchev–Trinajstić information content (AvgIpc) is 2.74. The number of carbonyl (C=O) groups is 1. The summed E-state index contributed by atoms with van der Waals surface area (Å²) >= 11 is 1.55. The summed E-state index contributed by atoms with van der Waals surface area (Å²) in [5.41, 5.74) is 6.58. The van der Waals surface area contributed by atoms with E-state index in [9.17, 15) is 4.79 Å². The summed E-state index contributed by atoms with van der Waals surface area (Å²) in [6.07, 6.45) is 4.07. The molecular formula is C11H16N2OS. The van der Waals surface area contributed by atoms with Gasteiger partial charge >= 0.3 is 0 Å². The van der Waals surface area contributed by atoms with Crippen LogP contribution in [0.2, 0.25) is 0 Å². The van der Waals surface area contributed by atoms with Gasteiger partial charge in [-0.05, 0) is 37.1 Å². The molecule has 4 heteroatoms. The van der Waals surface area contributed by atoms with E-state index in [1.165, 1.54) is 0 Å². The van der Waals surface area contributed by atoms with Crippen molar-refractivity contribution in [3.8, 4) is 0 Å². The zero-order chi connectivity index (χ0) is 10.7. The maximum atomic E-state index is 11.7. The zero-order valence-corrected chi connectivity index (χ0v) is 9.43. The predicted molar refractivity (Wildman–Crippen MR) is 62.0 cm³/mol. The van der Waals surface area contributed by atoms with Crippen LogP contribution in [-0.4, -0.2) is 18.0 Å². The van der Waals surface area contributed by atoms with Crippen LogP contribution in [0.4, 0.5) is 0 Å². The number of amides is 1. The van der Waals surface area contributed by atoms with Crippen LogP contribution < -0.4 is 11.1 Å². The molecule has 0 unspecified atom stereocenters. The van der Waals surface area contributed by atoms with Gasteiger partial charge in [-0.1, -0.05) is 0 Å². The first kappa shape index (κ1) is 10.6. The smallest absolute Gasteiger partial charge is 0.252 e. The summed E-state index contributed by atoms with van der Waals surface area (Å²) in [5.74, 6) is 0.0525. The SMILES string of the molecule is NC1CCC(NC(=O)c2ccsc2)CC1. The predicted octanol–water partition coefficient (Wildman–Crippen LogP) is 1.75. The molecular weight excluding hydrogens is 208 g/mol. The van der Waals surface area contributed by atoms with Crippen LogP contribution >= 0.6 is 11.3 Å². The summed E-state index contributed by atoms with van der Waals surface area (Å²) in [6.45, 7) is 0. The monoisotopic (exact) mass is 224 g/mol. The van der Waals surface area contributed by atoms with E-state index in [1.54, 1.807) is 11.3 Å². The van der Waals surface area contributed by atoms with Crippen molar-refractivity contribution in [3.63, 3.8) is 0 Å². The van der Waals surface area contributed by atoms with Crippen molar-refractivity contribution in [2.75, 3.05) is 0 Å². The molecule has 1 heterocycles. The van der Waals surface area contributed by atoms with E-state index in [0.717, 1.165) is 31.2 Å². The Morgan fingerprint density at radius 1 is 1.40 bits per heavy atom. The second kappa shape index (κ2) is 4.77. The minimum absolute atomic E-state index is 0.0525. The van der Waals surface area contributed by atoms with Gasteiger partial charge in [-0.25, -0.2) is 0 Å². The maximum absolute atomic E-state index is 11.7. The topological polar surface area (TPSA) is 55.1 Å². The lowest BCUT2D eigenvalue weighted by molar-refractivity contribution is 0.0926. The molecule has 0 radical (unpaired) electrons. The van der Waals surface area contributed by atoms with Gasteiger partial charge in [0.05, 0.1) is 0 Å². The van der Waals surface area contributed by atoms with Crippen LogP contribution in [0.25, 0.3) is 0 Å². The number of thiophene rings is 1. The molecule has 0 spiro atoms. The van der Waals surface area contributed by atoms with Crippen LogP contribution in [-0.2, 0) is 0 Å². The van der Waals surface area contributed by atoms with Crippen LogP contribution in [0.5, 0.6) is 0 Å². The molecule has 82 valence electrons. The highest BCUT2D eigenvalue weighted by atomic mass is 32.1. The fraction of sp³-hybridized carbons (Fsp3) is 0.545. The summed E-state index contributed by atoms with van der Waals surface area (Å²) < 4.78 is 0. The van der Waals surface area contributed by atoms with Crippen molar-refractivity contribution >= 4 is 17.2 Å². The molecule has 0 bridgehead atoms. The van der Waals surface area contributed by atoms with Crippen molar-refractivity contribution < 1.29 is 4.79 Å². The number of nitrogens with two attached hydrogens (primary N) is 1. The van der Waals surface area contributed by atoms with Gasteiger partial charge < -0.3 is 11.1 Å². The van der Waals surface area contributed by atoms with Gasteiger partial charge in [-0.15, -0.1) is 0 Å². The first-order chi connectivity index (χ1) is 7.25. The molecule has 1 saturated carbocycles. The van der Waals surface area contributed by atoms with Gasteiger partial charge in [0.15, 0.2) is 0 Å². The standard InChI is InChI=1S/C11H16N2OS/c12-9-1-3-10(4-2-9)13-11(14)8-5-6-15-7-8/h5-7,9-10H,1-4,12H2,(H,13,14). The van der Waals surface area contributed by atoms with Gasteiger partial charge in [-0.2, -0.15) is 11.3 Å². The van der Waals surface area contributed by atoms with E-state index in [2.05, 4.69) is 5.32 Å². The molecule has 1 aliphatic rings. The van der Waals surface area contributed by atoms with E-state index in [4.69, 9.17) is 5.73 Å². The average molecular weight is 224 g/mol. The van der Waals surface area contributed by atoms with E-state index < -0.39 is 0 Å².